The second kappa shape index (κ2) is 19.4. The predicted molar refractivity (Wildman–Crippen MR) is 15.5 cm³/mol. The molecule has 0 bridgehead atoms. The topological polar surface area (TPSA) is 17.1 Å². The molecule has 0 aromatic carbocycles. The first kappa shape index (κ1) is 16.5. The van der Waals surface area contributed by atoms with Crippen LogP contribution in [0.1, 0.15) is 4.28 Å². The molecule has 0 unspecified atom stereocenters. The van der Waals surface area contributed by atoms with E-state index >= 15 is 0 Å². The maximum atomic E-state index is 8.25. The molecule has 0 aromatic heterocycles. The SMILES string of the molecule is [H-].[H-].[H-].[Mg+2].[Na+].[O]=[Ge]. The Morgan fingerprint density at radius 3 is 1.50 bits per heavy atom. The van der Waals surface area contributed by atoms with E-state index in [9.17, 15) is 0 Å². The van der Waals surface area contributed by atoms with E-state index in [-0.39, 0.29) is 56.9 Å². The van der Waals surface area contributed by atoms with Crippen LogP contribution < -0.4 is 29.6 Å². The summed E-state index contributed by atoms with van der Waals surface area (Å²) in [5.74, 6) is 0. The van der Waals surface area contributed by atoms with Gasteiger partial charge in [-0.15, -0.1) is 0 Å². The maximum absolute atomic E-state index is 8.25. The average molecular weight is 139 g/mol. The summed E-state index contributed by atoms with van der Waals surface area (Å²) in [4.78, 5) is 0. The van der Waals surface area contributed by atoms with Crippen LogP contribution in [-0.2, 0) is 3.78 Å². The molecule has 0 amide bonds. The van der Waals surface area contributed by atoms with E-state index in [1.54, 1.807) is 0 Å². The van der Waals surface area contributed by atoms with Crippen molar-refractivity contribution < 1.29 is 37.6 Å². The van der Waals surface area contributed by atoms with Crippen molar-refractivity contribution in [3.05, 3.63) is 0 Å². The molecule has 0 aromatic rings. The summed E-state index contributed by atoms with van der Waals surface area (Å²) in [7, 11) is 0. The molecule has 0 heterocycles. The molecule has 0 rings (SSSR count). The van der Waals surface area contributed by atoms with Crippen LogP contribution in [-0.4, -0.2) is 39.5 Å². The quantitative estimate of drug-likeness (QED) is 0.318. The monoisotopic (exact) mass is 140 g/mol. The van der Waals surface area contributed by atoms with Crippen molar-refractivity contribution in [2.75, 3.05) is 0 Å². The van der Waals surface area contributed by atoms with Crippen LogP contribution in [0.25, 0.3) is 0 Å². The number of hydrogen-bond donors (Lipinski definition) is 0. The van der Waals surface area contributed by atoms with Gasteiger partial charge >= 0.3 is 72.8 Å². The summed E-state index contributed by atoms with van der Waals surface area (Å²) in [5, 5.41) is 0. The van der Waals surface area contributed by atoms with E-state index in [0.29, 0.717) is 0 Å². The predicted octanol–water partition coefficient (Wildman–Crippen LogP) is -3.54. The van der Waals surface area contributed by atoms with E-state index in [1.165, 1.54) is 0 Å². The van der Waals surface area contributed by atoms with Gasteiger partial charge in [-0.3, -0.25) is 0 Å². The number of hydrogen-bond acceptors (Lipinski definition) is 1. The second-order valence-corrected chi connectivity index (χ2v) is 0. The molecule has 0 aliphatic rings. The van der Waals surface area contributed by atoms with Gasteiger partial charge in [0.2, 0.25) is 0 Å². The standard InChI is InChI=1S/GeO.Mg.Na.3H/c1-2;;;;;/q;+2;+1;3*-1. The summed E-state index contributed by atoms with van der Waals surface area (Å²) >= 11 is 0.750. The third-order valence-electron chi connectivity index (χ3n) is 0. The van der Waals surface area contributed by atoms with Gasteiger partial charge in [-0.25, -0.2) is 0 Å². The van der Waals surface area contributed by atoms with Crippen LogP contribution in [0, 0.1) is 0 Å². The van der Waals surface area contributed by atoms with Gasteiger partial charge in [0.25, 0.3) is 0 Å². The molecule has 0 saturated carbocycles. The summed E-state index contributed by atoms with van der Waals surface area (Å²) in [6.45, 7) is 0. The Labute approximate surface area is 76.2 Å². The van der Waals surface area contributed by atoms with Crippen LogP contribution in [0.3, 0.4) is 0 Å². The summed E-state index contributed by atoms with van der Waals surface area (Å²) < 4.78 is 8.25. The Bertz CT molecular complexity index is 14.9. The van der Waals surface area contributed by atoms with E-state index in [0.717, 1.165) is 16.5 Å². The normalized spacial score (nSPS) is 1.00. The van der Waals surface area contributed by atoms with Crippen molar-refractivity contribution in [1.82, 2.24) is 0 Å². The first-order chi connectivity index (χ1) is 1.00. The van der Waals surface area contributed by atoms with Crippen molar-refractivity contribution in [3.63, 3.8) is 0 Å². The molecule has 2 radical (unpaired) electrons. The summed E-state index contributed by atoms with van der Waals surface area (Å²) in [6.07, 6.45) is 0. The van der Waals surface area contributed by atoms with Gasteiger partial charge in [0.05, 0.1) is 0 Å². The zero-order valence-electron chi connectivity index (χ0n) is 5.62. The Kier molecular flexibility index (Phi) is 80.0. The van der Waals surface area contributed by atoms with Crippen LogP contribution in [0.15, 0.2) is 0 Å². The molecule has 4 heavy (non-hydrogen) atoms. The van der Waals surface area contributed by atoms with E-state index in [4.69, 9.17) is 3.78 Å². The molecule has 0 fully saturated rings. The van der Waals surface area contributed by atoms with Crippen LogP contribution in [0.4, 0.5) is 0 Å². The molecular weight excluding hydrogens is 136 g/mol. The Morgan fingerprint density at radius 1 is 1.50 bits per heavy atom. The molecule has 4 heteroatoms. The van der Waals surface area contributed by atoms with Crippen molar-refractivity contribution in [3.8, 4) is 0 Å². The van der Waals surface area contributed by atoms with Gasteiger partial charge in [0.1, 0.15) is 0 Å². The molecule has 0 atom stereocenters. The third kappa shape index (κ3) is 8.93. The molecule has 0 saturated heterocycles. The molecule has 0 N–H and O–H groups in total. The van der Waals surface area contributed by atoms with E-state index in [1.807, 2.05) is 0 Å². The fourth-order valence-electron chi connectivity index (χ4n) is 0. The first-order valence-corrected chi connectivity index (χ1v) is 1.06. The van der Waals surface area contributed by atoms with Crippen LogP contribution in [0.2, 0.25) is 0 Å². The summed E-state index contributed by atoms with van der Waals surface area (Å²) in [6, 6.07) is 0. The van der Waals surface area contributed by atoms with Crippen molar-refractivity contribution in [1.29, 1.82) is 0 Å². The van der Waals surface area contributed by atoms with Crippen molar-refractivity contribution in [2.45, 2.75) is 0 Å². The van der Waals surface area contributed by atoms with Gasteiger partial charge in [-0.1, -0.05) is 0 Å². The van der Waals surface area contributed by atoms with Gasteiger partial charge in [0.15, 0.2) is 0 Å². The molecule has 16 valence electrons. The average Bonchev–Trinajstić information content (AvgIpc) is 1.00. The number of rotatable bonds is 0. The minimum atomic E-state index is 0. The Hall–Kier alpha value is 2.11. The summed E-state index contributed by atoms with van der Waals surface area (Å²) in [5.41, 5.74) is 0. The minimum absolute atomic E-state index is 0. The third-order valence-corrected chi connectivity index (χ3v) is 0. The fraction of sp³-hybridized carbons (Fsp3) is 0. The van der Waals surface area contributed by atoms with Crippen molar-refractivity contribution >= 4 is 39.5 Å². The molecule has 0 spiro atoms. The Morgan fingerprint density at radius 2 is 1.50 bits per heavy atom. The van der Waals surface area contributed by atoms with Crippen LogP contribution in [0.5, 0.6) is 0 Å². The van der Waals surface area contributed by atoms with E-state index < -0.39 is 0 Å². The van der Waals surface area contributed by atoms with Gasteiger partial charge < -0.3 is 4.28 Å². The first-order valence-electron chi connectivity index (χ1n) is 0.204. The molecule has 0 aliphatic heterocycles. The zero-order chi connectivity index (χ0) is 2.00. The molecule has 0 aliphatic carbocycles. The van der Waals surface area contributed by atoms with Crippen molar-refractivity contribution in [2.24, 2.45) is 0 Å². The zero-order valence-corrected chi connectivity index (χ0v) is 8.13. The van der Waals surface area contributed by atoms with Gasteiger partial charge in [-0.2, -0.15) is 0 Å². The molecular formula is H3GeMgNaO. The van der Waals surface area contributed by atoms with Gasteiger partial charge in [0, 0.05) is 0 Å². The second-order valence-electron chi connectivity index (χ2n) is 0. The fourth-order valence-corrected chi connectivity index (χ4v) is 0. The molecule has 1 nitrogen and oxygen atoms in total. The Balaban J connectivity index is -0.000000000500. The van der Waals surface area contributed by atoms with E-state index in [2.05, 4.69) is 0 Å². The van der Waals surface area contributed by atoms with Gasteiger partial charge in [-0.05, 0) is 0 Å². The van der Waals surface area contributed by atoms with Crippen LogP contribution >= 0.6 is 0 Å².